The fraction of sp³-hybridized carbons (Fsp3) is 0.500. The Morgan fingerprint density at radius 2 is 1.94 bits per heavy atom. The first kappa shape index (κ1) is 13.3. The summed E-state index contributed by atoms with van der Waals surface area (Å²) in [7, 11) is -3.43. The molecule has 1 fully saturated rings. The lowest BCUT2D eigenvalue weighted by atomic mass is 10.3. The fourth-order valence-electron chi connectivity index (χ4n) is 2.17. The minimum absolute atomic E-state index is 0.0172. The molecule has 2 rings (SSSR count). The Morgan fingerprint density at radius 3 is 2.56 bits per heavy atom. The van der Waals surface area contributed by atoms with Gasteiger partial charge in [-0.1, -0.05) is 0 Å². The maximum atomic E-state index is 12.9. The van der Waals surface area contributed by atoms with Crippen molar-refractivity contribution in [1.82, 2.24) is 4.90 Å². The average Bonchev–Trinajstić information content (AvgIpc) is 2.78. The van der Waals surface area contributed by atoms with Crippen LogP contribution in [0.15, 0.2) is 23.1 Å². The van der Waals surface area contributed by atoms with Gasteiger partial charge in [-0.2, -0.15) is 0 Å². The molecule has 0 unspecified atom stereocenters. The van der Waals surface area contributed by atoms with Crippen LogP contribution in [0, 0.1) is 5.82 Å². The van der Waals surface area contributed by atoms with Gasteiger partial charge in [-0.15, -0.1) is 0 Å². The van der Waals surface area contributed by atoms with E-state index in [-0.39, 0.29) is 16.3 Å². The fourth-order valence-corrected chi connectivity index (χ4v) is 3.58. The van der Waals surface area contributed by atoms with Crippen molar-refractivity contribution in [2.75, 3.05) is 31.1 Å². The summed E-state index contributed by atoms with van der Waals surface area (Å²) in [6, 6.07) is 3.41. The van der Waals surface area contributed by atoms with Gasteiger partial charge in [0.15, 0.2) is 9.84 Å². The molecule has 1 heterocycles. The lowest BCUT2D eigenvalue weighted by Crippen LogP contribution is -2.26. The lowest BCUT2D eigenvalue weighted by Gasteiger charge is -2.15. The van der Waals surface area contributed by atoms with Gasteiger partial charge >= 0.3 is 0 Å². The van der Waals surface area contributed by atoms with Crippen LogP contribution in [-0.2, 0) is 9.84 Å². The van der Waals surface area contributed by atoms with Crippen molar-refractivity contribution in [3.63, 3.8) is 0 Å². The highest BCUT2D eigenvalue weighted by atomic mass is 32.2. The number of benzene rings is 1. The van der Waals surface area contributed by atoms with Gasteiger partial charge in [0.1, 0.15) is 5.82 Å². The van der Waals surface area contributed by atoms with Crippen LogP contribution in [0.4, 0.5) is 10.1 Å². The molecule has 1 aliphatic heterocycles. The number of likely N-dealkylation sites (tertiary alicyclic amines) is 1. The Labute approximate surface area is 107 Å². The number of sulfone groups is 1. The molecule has 1 saturated heterocycles. The molecule has 0 saturated carbocycles. The molecular formula is C12H17FN2O2S. The number of anilines is 1. The normalized spacial score (nSPS) is 17.2. The summed E-state index contributed by atoms with van der Waals surface area (Å²) in [6.07, 6.45) is 2.25. The van der Waals surface area contributed by atoms with Gasteiger partial charge in [0.2, 0.25) is 0 Å². The summed E-state index contributed by atoms with van der Waals surface area (Å²) in [5.74, 6) is -0.492. The van der Waals surface area contributed by atoms with E-state index < -0.39 is 15.7 Å². The molecule has 100 valence electrons. The monoisotopic (exact) mass is 272 g/mol. The maximum absolute atomic E-state index is 12.9. The van der Waals surface area contributed by atoms with Gasteiger partial charge in [0.25, 0.3) is 0 Å². The first-order chi connectivity index (χ1) is 8.49. The molecule has 18 heavy (non-hydrogen) atoms. The van der Waals surface area contributed by atoms with Crippen LogP contribution in [-0.4, -0.2) is 38.7 Å². The van der Waals surface area contributed by atoms with Crippen molar-refractivity contribution in [3.8, 4) is 0 Å². The summed E-state index contributed by atoms with van der Waals surface area (Å²) < 4.78 is 37.1. The molecular weight excluding hydrogens is 255 g/mol. The van der Waals surface area contributed by atoms with Gasteiger partial charge in [-0.25, -0.2) is 12.8 Å². The van der Waals surface area contributed by atoms with Gasteiger partial charge < -0.3 is 10.6 Å². The summed E-state index contributed by atoms with van der Waals surface area (Å²) in [5, 5.41) is 0. The Balaban J connectivity index is 2.09. The summed E-state index contributed by atoms with van der Waals surface area (Å²) in [4.78, 5) is 2.15. The molecule has 6 heteroatoms. The third-order valence-corrected chi connectivity index (χ3v) is 4.94. The number of nitrogen functional groups attached to an aromatic ring is 1. The molecule has 1 aromatic carbocycles. The molecule has 0 aromatic heterocycles. The van der Waals surface area contributed by atoms with E-state index in [0.29, 0.717) is 6.54 Å². The zero-order chi connectivity index (χ0) is 13.2. The minimum atomic E-state index is -3.43. The highest BCUT2D eigenvalue weighted by molar-refractivity contribution is 7.91. The van der Waals surface area contributed by atoms with E-state index >= 15 is 0 Å². The summed E-state index contributed by atoms with van der Waals surface area (Å²) in [5.41, 5.74) is 5.54. The van der Waals surface area contributed by atoms with Crippen LogP contribution < -0.4 is 5.73 Å². The topological polar surface area (TPSA) is 63.4 Å². The highest BCUT2D eigenvalue weighted by Gasteiger charge is 2.20. The predicted molar refractivity (Wildman–Crippen MR) is 68.5 cm³/mol. The van der Waals surface area contributed by atoms with Crippen LogP contribution in [0.5, 0.6) is 0 Å². The zero-order valence-corrected chi connectivity index (χ0v) is 10.9. The van der Waals surface area contributed by atoms with E-state index in [1.807, 2.05) is 0 Å². The smallest absolute Gasteiger partial charge is 0.181 e. The largest absolute Gasteiger partial charge is 0.398 e. The number of nitrogens with two attached hydrogens (primary N) is 1. The molecule has 0 amide bonds. The molecule has 0 spiro atoms. The lowest BCUT2D eigenvalue weighted by molar-refractivity contribution is 0.359. The number of nitrogens with zero attached hydrogens (tertiary/aromatic N) is 1. The Hall–Kier alpha value is -1.14. The van der Waals surface area contributed by atoms with E-state index in [1.165, 1.54) is 6.07 Å². The van der Waals surface area contributed by atoms with Crippen LogP contribution in [0.1, 0.15) is 12.8 Å². The van der Waals surface area contributed by atoms with Crippen molar-refractivity contribution in [3.05, 3.63) is 24.0 Å². The molecule has 4 nitrogen and oxygen atoms in total. The molecule has 0 atom stereocenters. The Bertz CT molecular complexity index is 525. The molecule has 1 aliphatic rings. The van der Waals surface area contributed by atoms with Crippen molar-refractivity contribution in [1.29, 1.82) is 0 Å². The second-order valence-electron chi connectivity index (χ2n) is 4.55. The second kappa shape index (κ2) is 5.24. The Morgan fingerprint density at radius 1 is 1.28 bits per heavy atom. The van der Waals surface area contributed by atoms with Gasteiger partial charge in [0.05, 0.1) is 16.3 Å². The first-order valence-corrected chi connectivity index (χ1v) is 7.64. The molecule has 0 radical (unpaired) electrons. The highest BCUT2D eigenvalue weighted by Crippen LogP contribution is 2.21. The summed E-state index contributed by atoms with van der Waals surface area (Å²) >= 11 is 0. The van der Waals surface area contributed by atoms with E-state index in [0.717, 1.165) is 38.1 Å². The van der Waals surface area contributed by atoms with Gasteiger partial charge in [-0.05, 0) is 44.1 Å². The number of rotatable bonds is 4. The van der Waals surface area contributed by atoms with Crippen molar-refractivity contribution < 1.29 is 12.8 Å². The quantitative estimate of drug-likeness (QED) is 0.662. The molecule has 1 aromatic rings. The van der Waals surface area contributed by atoms with E-state index in [2.05, 4.69) is 4.90 Å². The summed E-state index contributed by atoms with van der Waals surface area (Å²) in [6.45, 7) is 2.42. The van der Waals surface area contributed by atoms with E-state index in [4.69, 9.17) is 5.73 Å². The standard InChI is InChI=1S/C12H17FN2O2S/c13-10-3-4-12(11(14)9-10)18(16,17)8-7-15-5-1-2-6-15/h3-4,9H,1-2,5-8,14H2. The van der Waals surface area contributed by atoms with Crippen molar-refractivity contribution in [2.24, 2.45) is 0 Å². The van der Waals surface area contributed by atoms with Gasteiger partial charge in [-0.3, -0.25) is 0 Å². The molecule has 0 aliphatic carbocycles. The zero-order valence-electron chi connectivity index (χ0n) is 10.1. The molecule has 2 N–H and O–H groups in total. The second-order valence-corrected chi connectivity index (χ2v) is 6.63. The first-order valence-electron chi connectivity index (χ1n) is 5.99. The van der Waals surface area contributed by atoms with Crippen LogP contribution >= 0.6 is 0 Å². The van der Waals surface area contributed by atoms with Gasteiger partial charge in [0, 0.05) is 6.54 Å². The van der Waals surface area contributed by atoms with Crippen LogP contribution in [0.2, 0.25) is 0 Å². The maximum Gasteiger partial charge on any atom is 0.181 e. The predicted octanol–water partition coefficient (Wildman–Crippen LogP) is 1.28. The minimum Gasteiger partial charge on any atom is -0.398 e. The van der Waals surface area contributed by atoms with Crippen LogP contribution in [0.25, 0.3) is 0 Å². The number of halogens is 1. The number of hydrogen-bond donors (Lipinski definition) is 1. The third-order valence-electron chi connectivity index (χ3n) is 3.18. The van der Waals surface area contributed by atoms with E-state index in [9.17, 15) is 12.8 Å². The van der Waals surface area contributed by atoms with Crippen LogP contribution in [0.3, 0.4) is 0 Å². The third kappa shape index (κ3) is 3.00. The van der Waals surface area contributed by atoms with E-state index in [1.54, 1.807) is 0 Å². The van der Waals surface area contributed by atoms with Crippen molar-refractivity contribution >= 4 is 15.5 Å². The molecule has 0 bridgehead atoms. The Kier molecular flexibility index (Phi) is 3.87. The number of hydrogen-bond acceptors (Lipinski definition) is 4. The average molecular weight is 272 g/mol. The SMILES string of the molecule is Nc1cc(F)ccc1S(=O)(=O)CCN1CCCC1. The van der Waals surface area contributed by atoms with Crippen molar-refractivity contribution in [2.45, 2.75) is 17.7 Å².